The molecule has 3 rings (SSSR count). The first-order chi connectivity index (χ1) is 9.15. The van der Waals surface area contributed by atoms with E-state index in [-0.39, 0.29) is 12.2 Å². The van der Waals surface area contributed by atoms with E-state index in [1.165, 1.54) is 0 Å². The van der Waals surface area contributed by atoms with Crippen molar-refractivity contribution in [3.8, 4) is 0 Å². The SMILES string of the molecule is CCC1OC1CC(CC1CCC2OC2C1)OC(=O)O. The minimum absolute atomic E-state index is 0.197. The van der Waals surface area contributed by atoms with Gasteiger partial charge in [-0.25, -0.2) is 4.79 Å². The highest BCUT2D eigenvalue weighted by Crippen LogP contribution is 2.42. The topological polar surface area (TPSA) is 71.6 Å². The zero-order valence-corrected chi connectivity index (χ0v) is 11.3. The molecule has 3 fully saturated rings. The molecule has 0 amide bonds. The molecule has 3 aliphatic rings. The Balaban J connectivity index is 1.48. The van der Waals surface area contributed by atoms with Crippen LogP contribution in [0.25, 0.3) is 0 Å². The Morgan fingerprint density at radius 3 is 2.74 bits per heavy atom. The monoisotopic (exact) mass is 270 g/mol. The molecule has 2 saturated heterocycles. The van der Waals surface area contributed by atoms with Crippen LogP contribution in [0.5, 0.6) is 0 Å². The Bertz CT molecular complexity index is 345. The standard InChI is InChI=1S/C14H22O5/c1-2-10-13(18-10)7-9(17-14(15)16)5-8-3-4-11-12(6-8)19-11/h8-13H,2-7H2,1H3,(H,15,16). The maximum atomic E-state index is 10.8. The lowest BCUT2D eigenvalue weighted by Crippen LogP contribution is -2.25. The number of carboxylic acid groups (broad SMARTS) is 1. The Labute approximate surface area is 113 Å². The van der Waals surface area contributed by atoms with E-state index in [4.69, 9.17) is 19.3 Å². The van der Waals surface area contributed by atoms with Crippen molar-refractivity contribution >= 4 is 6.16 Å². The summed E-state index contributed by atoms with van der Waals surface area (Å²) in [5.41, 5.74) is 0. The average Bonchev–Trinajstić information content (AvgIpc) is 3.22. The van der Waals surface area contributed by atoms with Crippen LogP contribution < -0.4 is 0 Å². The molecule has 108 valence electrons. The zero-order valence-electron chi connectivity index (χ0n) is 11.3. The molecule has 19 heavy (non-hydrogen) atoms. The maximum absolute atomic E-state index is 10.8. The van der Waals surface area contributed by atoms with Gasteiger partial charge in [0.15, 0.2) is 0 Å². The first-order valence-corrected chi connectivity index (χ1v) is 7.36. The Morgan fingerprint density at radius 2 is 2.11 bits per heavy atom. The van der Waals surface area contributed by atoms with Crippen molar-refractivity contribution in [2.24, 2.45) is 5.92 Å². The highest BCUT2D eigenvalue weighted by Gasteiger charge is 2.45. The van der Waals surface area contributed by atoms with Crippen LogP contribution in [0.15, 0.2) is 0 Å². The minimum Gasteiger partial charge on any atom is -0.450 e. The van der Waals surface area contributed by atoms with Gasteiger partial charge in [-0.3, -0.25) is 0 Å². The fraction of sp³-hybridized carbons (Fsp3) is 0.929. The van der Waals surface area contributed by atoms with E-state index in [0.29, 0.717) is 30.7 Å². The fourth-order valence-corrected chi connectivity index (χ4v) is 3.41. The lowest BCUT2D eigenvalue weighted by molar-refractivity contribution is 0.0317. The van der Waals surface area contributed by atoms with Gasteiger partial charge < -0.3 is 19.3 Å². The van der Waals surface area contributed by atoms with E-state index >= 15 is 0 Å². The Morgan fingerprint density at radius 1 is 1.26 bits per heavy atom. The van der Waals surface area contributed by atoms with E-state index in [9.17, 15) is 4.79 Å². The molecular weight excluding hydrogens is 248 g/mol. The summed E-state index contributed by atoms with van der Waals surface area (Å²) in [5.74, 6) is 0.534. The van der Waals surface area contributed by atoms with Crippen molar-refractivity contribution in [3.05, 3.63) is 0 Å². The van der Waals surface area contributed by atoms with Crippen LogP contribution in [-0.2, 0) is 14.2 Å². The van der Waals surface area contributed by atoms with Gasteiger partial charge >= 0.3 is 6.16 Å². The molecule has 0 aromatic rings. The molecule has 1 aliphatic carbocycles. The van der Waals surface area contributed by atoms with Crippen LogP contribution in [0.4, 0.5) is 4.79 Å². The third kappa shape index (κ3) is 3.39. The van der Waals surface area contributed by atoms with Crippen molar-refractivity contribution in [3.63, 3.8) is 0 Å². The van der Waals surface area contributed by atoms with E-state index in [1.807, 2.05) is 0 Å². The number of hydrogen-bond acceptors (Lipinski definition) is 4. The molecule has 2 aliphatic heterocycles. The summed E-state index contributed by atoms with van der Waals surface area (Å²) in [6, 6.07) is 0. The van der Waals surface area contributed by atoms with Crippen molar-refractivity contribution in [2.45, 2.75) is 76.0 Å². The van der Waals surface area contributed by atoms with Crippen molar-refractivity contribution in [1.29, 1.82) is 0 Å². The summed E-state index contributed by atoms with van der Waals surface area (Å²) in [4.78, 5) is 10.8. The lowest BCUT2D eigenvalue weighted by Gasteiger charge is -2.23. The summed E-state index contributed by atoms with van der Waals surface area (Å²) in [6.07, 6.45) is 5.86. The first kappa shape index (κ1) is 13.2. The van der Waals surface area contributed by atoms with E-state index < -0.39 is 6.16 Å². The molecule has 5 nitrogen and oxygen atoms in total. The van der Waals surface area contributed by atoms with Gasteiger partial charge in [-0.1, -0.05) is 6.92 Å². The van der Waals surface area contributed by atoms with Gasteiger partial charge in [-0.2, -0.15) is 0 Å². The van der Waals surface area contributed by atoms with E-state index in [1.54, 1.807) is 0 Å². The van der Waals surface area contributed by atoms with Gasteiger partial charge in [0, 0.05) is 6.42 Å². The molecule has 6 atom stereocenters. The molecule has 5 heteroatoms. The number of hydrogen-bond donors (Lipinski definition) is 1. The van der Waals surface area contributed by atoms with Crippen molar-refractivity contribution in [2.75, 3.05) is 0 Å². The largest absolute Gasteiger partial charge is 0.506 e. The summed E-state index contributed by atoms with van der Waals surface area (Å²) >= 11 is 0. The molecule has 0 aromatic carbocycles. The second-order valence-corrected chi connectivity index (χ2v) is 5.99. The Hall–Kier alpha value is -0.810. The van der Waals surface area contributed by atoms with Gasteiger partial charge in [-0.15, -0.1) is 0 Å². The summed E-state index contributed by atoms with van der Waals surface area (Å²) in [7, 11) is 0. The molecule has 2 heterocycles. The third-order valence-electron chi connectivity index (χ3n) is 4.56. The number of rotatable bonds is 6. The Kier molecular flexibility index (Phi) is 3.67. The smallest absolute Gasteiger partial charge is 0.450 e. The predicted octanol–water partition coefficient (Wildman–Crippen LogP) is 2.57. The van der Waals surface area contributed by atoms with E-state index in [0.717, 1.165) is 32.1 Å². The zero-order chi connectivity index (χ0) is 13.4. The van der Waals surface area contributed by atoms with Crippen LogP contribution in [0, 0.1) is 5.92 Å². The van der Waals surface area contributed by atoms with E-state index in [2.05, 4.69) is 6.92 Å². The predicted molar refractivity (Wildman–Crippen MR) is 67.1 cm³/mol. The second-order valence-electron chi connectivity index (χ2n) is 5.99. The number of ether oxygens (including phenoxy) is 3. The maximum Gasteiger partial charge on any atom is 0.506 e. The second kappa shape index (κ2) is 5.29. The van der Waals surface area contributed by atoms with Crippen molar-refractivity contribution < 1.29 is 24.1 Å². The summed E-state index contributed by atoms with van der Waals surface area (Å²) < 4.78 is 16.1. The highest BCUT2D eigenvalue weighted by atomic mass is 16.7. The van der Waals surface area contributed by atoms with Gasteiger partial charge in [-0.05, 0) is 38.0 Å². The van der Waals surface area contributed by atoms with Gasteiger partial charge in [0.25, 0.3) is 0 Å². The van der Waals surface area contributed by atoms with Crippen LogP contribution in [-0.4, -0.2) is 41.8 Å². The average molecular weight is 270 g/mol. The molecule has 1 N–H and O–H groups in total. The molecule has 0 radical (unpaired) electrons. The number of epoxide rings is 2. The normalized spacial score (nSPS) is 41.2. The van der Waals surface area contributed by atoms with Crippen LogP contribution in [0.3, 0.4) is 0 Å². The number of fused-ring (bicyclic) bond motifs is 1. The van der Waals surface area contributed by atoms with Gasteiger partial charge in [0.05, 0.1) is 24.4 Å². The summed E-state index contributed by atoms with van der Waals surface area (Å²) in [5, 5.41) is 8.84. The van der Waals surface area contributed by atoms with Gasteiger partial charge in [0.2, 0.25) is 0 Å². The first-order valence-electron chi connectivity index (χ1n) is 7.36. The highest BCUT2D eigenvalue weighted by molar-refractivity contribution is 5.57. The molecule has 0 bridgehead atoms. The van der Waals surface area contributed by atoms with Gasteiger partial charge in [0.1, 0.15) is 6.10 Å². The molecule has 0 spiro atoms. The molecule has 6 unspecified atom stereocenters. The van der Waals surface area contributed by atoms with Crippen molar-refractivity contribution in [1.82, 2.24) is 0 Å². The summed E-state index contributed by atoms with van der Waals surface area (Å²) in [6.45, 7) is 2.09. The fourth-order valence-electron chi connectivity index (χ4n) is 3.41. The lowest BCUT2D eigenvalue weighted by atomic mass is 9.84. The van der Waals surface area contributed by atoms with Crippen LogP contribution in [0.1, 0.15) is 45.4 Å². The molecule has 1 saturated carbocycles. The minimum atomic E-state index is -1.17. The quantitative estimate of drug-likeness (QED) is 0.593. The molecular formula is C14H22O5. The third-order valence-corrected chi connectivity index (χ3v) is 4.56. The molecule has 0 aromatic heterocycles. The number of carbonyl (C=O) groups is 1. The van der Waals surface area contributed by atoms with Crippen LogP contribution in [0.2, 0.25) is 0 Å². The van der Waals surface area contributed by atoms with Crippen LogP contribution >= 0.6 is 0 Å².